The maximum Gasteiger partial charge on any atom is 0.256 e. The van der Waals surface area contributed by atoms with Gasteiger partial charge < -0.3 is 19.9 Å². The summed E-state index contributed by atoms with van der Waals surface area (Å²) in [6.45, 7) is 8.07. The van der Waals surface area contributed by atoms with Crippen LogP contribution < -0.4 is 14.8 Å². The topological polar surface area (TPSA) is 67.8 Å². The molecule has 5 nitrogen and oxygen atoms in total. The largest absolute Gasteiger partial charge is 0.506 e. The minimum absolute atomic E-state index is 0.0207. The van der Waals surface area contributed by atoms with Crippen LogP contribution in [0.1, 0.15) is 42.3 Å². The molecule has 25 heavy (non-hydrogen) atoms. The molecule has 0 aromatic heterocycles. The lowest BCUT2D eigenvalue weighted by atomic mass is 9.87. The van der Waals surface area contributed by atoms with Gasteiger partial charge in [0.05, 0.1) is 19.9 Å². The quantitative estimate of drug-likeness (QED) is 0.814. The van der Waals surface area contributed by atoms with Gasteiger partial charge in [0.15, 0.2) is 0 Å². The number of amides is 1. The van der Waals surface area contributed by atoms with Gasteiger partial charge in [-0.05, 0) is 42.2 Å². The summed E-state index contributed by atoms with van der Waals surface area (Å²) >= 11 is 0. The van der Waals surface area contributed by atoms with Crippen molar-refractivity contribution in [2.24, 2.45) is 0 Å². The summed E-state index contributed by atoms with van der Waals surface area (Å²) in [6.07, 6.45) is 0. The first-order chi connectivity index (χ1) is 11.7. The molecule has 5 heteroatoms. The molecule has 0 saturated carbocycles. The van der Waals surface area contributed by atoms with E-state index in [1.165, 1.54) is 0 Å². The Bertz CT molecular complexity index is 766. The van der Waals surface area contributed by atoms with Crippen molar-refractivity contribution in [3.63, 3.8) is 0 Å². The van der Waals surface area contributed by atoms with E-state index in [1.54, 1.807) is 38.5 Å². The maximum atomic E-state index is 12.6. The minimum Gasteiger partial charge on any atom is -0.506 e. The van der Waals surface area contributed by atoms with Gasteiger partial charge >= 0.3 is 0 Å². The van der Waals surface area contributed by atoms with Gasteiger partial charge in [0.1, 0.15) is 17.2 Å². The van der Waals surface area contributed by atoms with Crippen molar-refractivity contribution < 1.29 is 19.4 Å². The van der Waals surface area contributed by atoms with Crippen LogP contribution >= 0.6 is 0 Å². The fraction of sp³-hybridized carbons (Fsp3) is 0.350. The van der Waals surface area contributed by atoms with E-state index < -0.39 is 0 Å². The number of aromatic hydroxyl groups is 1. The summed E-state index contributed by atoms with van der Waals surface area (Å²) in [5.41, 5.74) is 2.50. The third-order valence-corrected chi connectivity index (χ3v) is 4.13. The molecule has 0 unspecified atom stereocenters. The predicted octanol–water partition coefficient (Wildman–Crippen LogP) is 4.27. The van der Waals surface area contributed by atoms with E-state index in [0.29, 0.717) is 22.7 Å². The second-order valence-electron chi connectivity index (χ2n) is 6.94. The maximum absolute atomic E-state index is 12.6. The van der Waals surface area contributed by atoms with E-state index >= 15 is 0 Å². The van der Waals surface area contributed by atoms with E-state index in [0.717, 1.165) is 11.1 Å². The van der Waals surface area contributed by atoms with Crippen LogP contribution in [0.5, 0.6) is 17.2 Å². The molecule has 0 bridgehead atoms. The number of phenolic OH excluding ortho intramolecular Hbond substituents is 1. The Labute approximate surface area is 148 Å². The number of methoxy groups -OCH3 is 2. The summed E-state index contributed by atoms with van der Waals surface area (Å²) in [4.78, 5) is 12.6. The van der Waals surface area contributed by atoms with Crippen LogP contribution in [0, 0.1) is 6.92 Å². The number of nitrogens with one attached hydrogen (secondary N) is 1. The molecular weight excluding hydrogens is 318 g/mol. The number of rotatable bonds is 4. The molecule has 0 fully saturated rings. The molecule has 0 saturated heterocycles. The van der Waals surface area contributed by atoms with E-state index in [4.69, 9.17) is 9.47 Å². The van der Waals surface area contributed by atoms with Crippen LogP contribution in [0.4, 0.5) is 5.69 Å². The minimum atomic E-state index is -0.349. The first-order valence-corrected chi connectivity index (χ1v) is 8.05. The standard InChI is InChI=1S/C20H25NO4/c1-12-17(24-5)9-13(10-18(12)25-6)19(23)21-15-11-14(20(2,3)4)7-8-16(15)22/h7-11,22H,1-6H3,(H,21,23). The Morgan fingerprint density at radius 3 is 2.08 bits per heavy atom. The highest BCUT2D eigenvalue weighted by molar-refractivity contribution is 6.05. The van der Waals surface area contributed by atoms with E-state index in [2.05, 4.69) is 26.1 Å². The fourth-order valence-corrected chi connectivity index (χ4v) is 2.51. The Kier molecular flexibility index (Phi) is 5.26. The summed E-state index contributed by atoms with van der Waals surface area (Å²) < 4.78 is 10.6. The lowest BCUT2D eigenvalue weighted by molar-refractivity contribution is 0.102. The number of phenols is 1. The van der Waals surface area contributed by atoms with Gasteiger partial charge in [-0.25, -0.2) is 0 Å². The molecular formula is C20H25NO4. The van der Waals surface area contributed by atoms with Gasteiger partial charge in [0, 0.05) is 11.1 Å². The van der Waals surface area contributed by atoms with E-state index in [1.807, 2.05) is 13.0 Å². The van der Waals surface area contributed by atoms with Crippen LogP contribution in [-0.4, -0.2) is 25.2 Å². The van der Waals surface area contributed by atoms with Crippen LogP contribution in [-0.2, 0) is 5.41 Å². The number of anilines is 1. The van der Waals surface area contributed by atoms with Gasteiger partial charge in [0.2, 0.25) is 0 Å². The smallest absolute Gasteiger partial charge is 0.256 e. The Morgan fingerprint density at radius 1 is 1.04 bits per heavy atom. The lowest BCUT2D eigenvalue weighted by Crippen LogP contribution is -2.15. The molecule has 0 heterocycles. The zero-order chi connectivity index (χ0) is 18.8. The Morgan fingerprint density at radius 2 is 1.60 bits per heavy atom. The van der Waals surface area contributed by atoms with Gasteiger partial charge in [0.25, 0.3) is 5.91 Å². The molecule has 2 aromatic carbocycles. The van der Waals surface area contributed by atoms with Crippen molar-refractivity contribution in [1.82, 2.24) is 0 Å². The molecule has 0 spiro atoms. The number of hydrogen-bond donors (Lipinski definition) is 2. The molecule has 0 atom stereocenters. The van der Waals surface area contributed by atoms with Crippen molar-refractivity contribution in [2.45, 2.75) is 33.1 Å². The first-order valence-electron chi connectivity index (χ1n) is 8.05. The monoisotopic (exact) mass is 343 g/mol. The second-order valence-corrected chi connectivity index (χ2v) is 6.94. The number of carbonyl (C=O) groups is 1. The highest BCUT2D eigenvalue weighted by Gasteiger charge is 2.18. The Balaban J connectivity index is 2.37. The SMILES string of the molecule is COc1cc(C(=O)Nc2cc(C(C)(C)C)ccc2O)cc(OC)c1C. The van der Waals surface area contributed by atoms with Gasteiger partial charge in [-0.3, -0.25) is 4.79 Å². The highest BCUT2D eigenvalue weighted by atomic mass is 16.5. The van der Waals surface area contributed by atoms with Gasteiger partial charge in [-0.1, -0.05) is 26.8 Å². The van der Waals surface area contributed by atoms with Crippen molar-refractivity contribution in [3.8, 4) is 17.2 Å². The summed E-state index contributed by atoms with van der Waals surface area (Å²) in [7, 11) is 3.09. The lowest BCUT2D eigenvalue weighted by Gasteiger charge is -2.20. The normalized spacial score (nSPS) is 11.1. The number of hydrogen-bond acceptors (Lipinski definition) is 4. The summed E-state index contributed by atoms with van der Waals surface area (Å²) in [5, 5.41) is 12.8. The number of benzene rings is 2. The summed E-state index contributed by atoms with van der Waals surface area (Å²) in [5.74, 6) is 0.805. The van der Waals surface area contributed by atoms with Crippen LogP contribution in [0.25, 0.3) is 0 Å². The van der Waals surface area contributed by atoms with Gasteiger partial charge in [-0.15, -0.1) is 0 Å². The molecule has 0 aliphatic rings. The average molecular weight is 343 g/mol. The third-order valence-electron chi connectivity index (χ3n) is 4.13. The molecule has 2 aromatic rings. The van der Waals surface area contributed by atoms with E-state index in [9.17, 15) is 9.90 Å². The molecule has 134 valence electrons. The first kappa shape index (κ1) is 18.6. The van der Waals surface area contributed by atoms with Crippen LogP contribution in [0.3, 0.4) is 0 Å². The van der Waals surface area contributed by atoms with Crippen LogP contribution in [0.15, 0.2) is 30.3 Å². The number of ether oxygens (including phenoxy) is 2. The van der Waals surface area contributed by atoms with Crippen molar-refractivity contribution in [1.29, 1.82) is 0 Å². The van der Waals surface area contributed by atoms with Crippen molar-refractivity contribution in [3.05, 3.63) is 47.0 Å². The predicted molar refractivity (Wildman–Crippen MR) is 99.0 cm³/mol. The van der Waals surface area contributed by atoms with Gasteiger partial charge in [-0.2, -0.15) is 0 Å². The van der Waals surface area contributed by atoms with Crippen LogP contribution in [0.2, 0.25) is 0 Å². The zero-order valence-electron chi connectivity index (χ0n) is 15.6. The van der Waals surface area contributed by atoms with Crippen molar-refractivity contribution >= 4 is 11.6 Å². The molecule has 2 N–H and O–H groups in total. The molecule has 0 radical (unpaired) electrons. The molecule has 2 rings (SSSR count). The number of carbonyl (C=O) groups excluding carboxylic acids is 1. The summed E-state index contributed by atoms with van der Waals surface area (Å²) in [6, 6.07) is 8.53. The highest BCUT2D eigenvalue weighted by Crippen LogP contribution is 2.33. The average Bonchev–Trinajstić information content (AvgIpc) is 2.55. The van der Waals surface area contributed by atoms with E-state index in [-0.39, 0.29) is 17.1 Å². The second kappa shape index (κ2) is 7.05. The molecule has 0 aliphatic heterocycles. The fourth-order valence-electron chi connectivity index (χ4n) is 2.51. The zero-order valence-corrected chi connectivity index (χ0v) is 15.6. The third kappa shape index (κ3) is 4.05. The molecule has 1 amide bonds. The molecule has 0 aliphatic carbocycles. The van der Waals surface area contributed by atoms with Crippen molar-refractivity contribution in [2.75, 3.05) is 19.5 Å². The Hall–Kier alpha value is -2.69.